The Morgan fingerprint density at radius 1 is 1.14 bits per heavy atom. The number of nitrogen functional groups attached to an aromatic ring is 1. The number of nitrogens with two attached hydrogens (primary N) is 1. The van der Waals surface area contributed by atoms with Crippen LogP contribution >= 0.6 is 11.6 Å². The monoisotopic (exact) mass is 314 g/mol. The summed E-state index contributed by atoms with van der Waals surface area (Å²) in [6.07, 6.45) is 2.32. The van der Waals surface area contributed by atoms with E-state index in [0.29, 0.717) is 22.2 Å². The van der Waals surface area contributed by atoms with Gasteiger partial charge in [-0.3, -0.25) is 4.79 Å². The van der Waals surface area contributed by atoms with Crippen molar-refractivity contribution in [3.8, 4) is 0 Å². The molecule has 2 N–H and O–H groups in total. The Morgan fingerprint density at radius 3 is 2.27 bits per heavy atom. The third-order valence-electron chi connectivity index (χ3n) is 4.18. The first-order valence-corrected chi connectivity index (χ1v) is 7.82. The summed E-state index contributed by atoms with van der Waals surface area (Å²) in [5.41, 5.74) is 8.15. The van der Waals surface area contributed by atoms with Gasteiger partial charge in [0.2, 0.25) is 0 Å². The van der Waals surface area contributed by atoms with E-state index in [1.54, 1.807) is 24.3 Å². The summed E-state index contributed by atoms with van der Waals surface area (Å²) in [5.74, 6) is 0.552. The maximum Gasteiger partial charge on any atom is 0.254 e. The average molecular weight is 315 g/mol. The third-order valence-corrected chi connectivity index (χ3v) is 4.43. The molecule has 3 rings (SSSR count). The molecular weight excluding hydrogens is 296 g/mol. The average Bonchev–Trinajstić information content (AvgIpc) is 3.34. The number of hydrogen-bond acceptors (Lipinski definition) is 2. The van der Waals surface area contributed by atoms with E-state index < -0.39 is 0 Å². The topological polar surface area (TPSA) is 46.3 Å². The van der Waals surface area contributed by atoms with E-state index in [1.165, 1.54) is 0 Å². The smallest absolute Gasteiger partial charge is 0.254 e. The Hall–Kier alpha value is -2.00. The molecule has 4 heteroatoms. The van der Waals surface area contributed by atoms with Crippen LogP contribution in [0.1, 0.15) is 34.8 Å². The maximum absolute atomic E-state index is 12.7. The van der Waals surface area contributed by atoms with Crippen LogP contribution in [-0.4, -0.2) is 17.9 Å². The lowest BCUT2D eigenvalue weighted by molar-refractivity contribution is 0.0711. The van der Waals surface area contributed by atoms with Crippen LogP contribution in [0.5, 0.6) is 0 Å². The van der Waals surface area contributed by atoms with E-state index in [9.17, 15) is 4.79 Å². The molecule has 114 valence electrons. The van der Waals surface area contributed by atoms with E-state index in [1.807, 2.05) is 36.2 Å². The van der Waals surface area contributed by atoms with Crippen molar-refractivity contribution in [2.75, 3.05) is 12.8 Å². The molecule has 22 heavy (non-hydrogen) atoms. The number of hydrogen-bond donors (Lipinski definition) is 1. The molecule has 1 atom stereocenters. The van der Waals surface area contributed by atoms with Gasteiger partial charge in [0, 0.05) is 23.3 Å². The van der Waals surface area contributed by atoms with Crippen LogP contribution in [0.15, 0.2) is 48.5 Å². The van der Waals surface area contributed by atoms with Crippen molar-refractivity contribution in [1.82, 2.24) is 4.90 Å². The lowest BCUT2D eigenvalue weighted by Crippen LogP contribution is -2.32. The van der Waals surface area contributed by atoms with Gasteiger partial charge >= 0.3 is 0 Å². The number of benzene rings is 2. The zero-order valence-corrected chi connectivity index (χ0v) is 13.3. The summed E-state index contributed by atoms with van der Waals surface area (Å²) >= 11 is 5.97. The van der Waals surface area contributed by atoms with Crippen molar-refractivity contribution in [3.63, 3.8) is 0 Å². The second-order valence-corrected chi connectivity index (χ2v) is 6.31. The van der Waals surface area contributed by atoms with Crippen molar-refractivity contribution >= 4 is 23.2 Å². The fraction of sp³-hybridized carbons (Fsp3) is 0.278. The number of amides is 1. The molecule has 0 unspecified atom stereocenters. The Labute approximate surface area is 135 Å². The van der Waals surface area contributed by atoms with Crippen molar-refractivity contribution in [2.24, 2.45) is 5.92 Å². The maximum atomic E-state index is 12.7. The standard InChI is InChI=1S/C18H19ClN2O/c1-21(18(22)14-6-10-16(20)11-7-14)17(12-2-3-12)13-4-8-15(19)9-5-13/h4-12,17H,2-3,20H2,1H3/t17-/m1/s1. The van der Waals surface area contributed by atoms with Gasteiger partial charge in [0.1, 0.15) is 0 Å². The number of carbonyl (C=O) groups is 1. The summed E-state index contributed by atoms with van der Waals surface area (Å²) in [6, 6.07) is 15.0. The first-order chi connectivity index (χ1) is 10.6. The molecule has 0 bridgehead atoms. The Bertz CT molecular complexity index is 662. The van der Waals surface area contributed by atoms with E-state index >= 15 is 0 Å². The number of nitrogens with zero attached hydrogens (tertiary/aromatic N) is 1. The molecule has 1 aliphatic rings. The van der Waals surface area contributed by atoms with Gasteiger partial charge in [0.25, 0.3) is 5.91 Å². The van der Waals surface area contributed by atoms with Crippen molar-refractivity contribution in [1.29, 1.82) is 0 Å². The molecular formula is C18H19ClN2O. The highest BCUT2D eigenvalue weighted by Crippen LogP contribution is 2.44. The molecule has 1 amide bonds. The quantitative estimate of drug-likeness (QED) is 0.862. The van der Waals surface area contributed by atoms with E-state index in [-0.39, 0.29) is 11.9 Å². The minimum absolute atomic E-state index is 0.0202. The fourth-order valence-electron chi connectivity index (χ4n) is 2.84. The van der Waals surface area contributed by atoms with Crippen LogP contribution < -0.4 is 5.73 Å². The van der Waals surface area contributed by atoms with Crippen molar-refractivity contribution in [3.05, 3.63) is 64.7 Å². The summed E-state index contributed by atoms with van der Waals surface area (Å²) in [6.45, 7) is 0. The molecule has 1 aliphatic carbocycles. The highest BCUT2D eigenvalue weighted by molar-refractivity contribution is 6.30. The lowest BCUT2D eigenvalue weighted by Gasteiger charge is -2.29. The van der Waals surface area contributed by atoms with E-state index in [2.05, 4.69) is 0 Å². The van der Waals surface area contributed by atoms with Crippen molar-refractivity contribution < 1.29 is 4.79 Å². The minimum atomic E-state index is 0.0202. The normalized spacial score (nSPS) is 15.4. The van der Waals surface area contributed by atoms with Gasteiger partial charge in [-0.2, -0.15) is 0 Å². The van der Waals surface area contributed by atoms with Crippen LogP contribution in [0.2, 0.25) is 5.02 Å². The van der Waals surface area contributed by atoms with Gasteiger partial charge in [-0.25, -0.2) is 0 Å². The predicted octanol–water partition coefficient (Wildman–Crippen LogP) is 4.15. The molecule has 0 heterocycles. The first kappa shape index (κ1) is 14.9. The highest BCUT2D eigenvalue weighted by Gasteiger charge is 2.37. The second-order valence-electron chi connectivity index (χ2n) is 5.87. The third kappa shape index (κ3) is 3.09. The van der Waals surface area contributed by atoms with E-state index in [4.69, 9.17) is 17.3 Å². The molecule has 2 aromatic carbocycles. The summed E-state index contributed by atoms with van der Waals surface area (Å²) in [5, 5.41) is 0.714. The second kappa shape index (κ2) is 6.01. The number of rotatable bonds is 4. The first-order valence-electron chi connectivity index (χ1n) is 7.44. The Kier molecular flexibility index (Phi) is 4.08. The highest BCUT2D eigenvalue weighted by atomic mass is 35.5. The molecule has 0 saturated heterocycles. The van der Waals surface area contributed by atoms with Crippen molar-refractivity contribution in [2.45, 2.75) is 18.9 Å². The van der Waals surface area contributed by atoms with Gasteiger partial charge in [-0.1, -0.05) is 23.7 Å². The zero-order valence-electron chi connectivity index (χ0n) is 12.5. The van der Waals surface area contributed by atoms with Crippen LogP contribution in [0.25, 0.3) is 0 Å². The molecule has 2 aromatic rings. The van der Waals surface area contributed by atoms with Gasteiger partial charge in [-0.15, -0.1) is 0 Å². The molecule has 3 nitrogen and oxygen atoms in total. The van der Waals surface area contributed by atoms with Crippen LogP contribution in [0.4, 0.5) is 5.69 Å². The Morgan fingerprint density at radius 2 is 1.73 bits per heavy atom. The minimum Gasteiger partial charge on any atom is -0.399 e. The largest absolute Gasteiger partial charge is 0.399 e. The summed E-state index contributed by atoms with van der Waals surface area (Å²) in [4.78, 5) is 14.6. The van der Waals surface area contributed by atoms with E-state index in [0.717, 1.165) is 18.4 Å². The van der Waals surface area contributed by atoms with Crippen LogP contribution in [-0.2, 0) is 0 Å². The Balaban J connectivity index is 1.86. The van der Waals surface area contributed by atoms with Gasteiger partial charge in [0.15, 0.2) is 0 Å². The summed E-state index contributed by atoms with van der Waals surface area (Å²) in [7, 11) is 1.87. The molecule has 0 spiro atoms. The summed E-state index contributed by atoms with van der Waals surface area (Å²) < 4.78 is 0. The molecule has 1 fully saturated rings. The molecule has 0 radical (unpaired) electrons. The zero-order chi connectivity index (χ0) is 15.7. The molecule has 0 aromatic heterocycles. The number of carbonyl (C=O) groups excluding carboxylic acids is 1. The SMILES string of the molecule is CN(C(=O)c1ccc(N)cc1)[C@@H](c1ccc(Cl)cc1)C1CC1. The van der Waals surface area contributed by atoms with Gasteiger partial charge in [-0.05, 0) is 60.7 Å². The predicted molar refractivity (Wildman–Crippen MR) is 89.9 cm³/mol. The number of halogens is 1. The van der Waals surface area contributed by atoms with Gasteiger partial charge in [0.05, 0.1) is 6.04 Å². The molecule has 0 aliphatic heterocycles. The van der Waals surface area contributed by atoms with Crippen LogP contribution in [0.3, 0.4) is 0 Å². The fourth-order valence-corrected chi connectivity index (χ4v) is 2.97. The van der Waals surface area contributed by atoms with Gasteiger partial charge < -0.3 is 10.6 Å². The number of anilines is 1. The molecule has 1 saturated carbocycles. The lowest BCUT2D eigenvalue weighted by atomic mass is 10.00. The van der Waals surface area contributed by atoms with Crippen LogP contribution in [0, 0.1) is 5.92 Å².